The van der Waals surface area contributed by atoms with Crippen LogP contribution in [0.25, 0.3) is 0 Å². The Morgan fingerprint density at radius 1 is 1.21 bits per heavy atom. The molecule has 0 fully saturated rings. The summed E-state index contributed by atoms with van der Waals surface area (Å²) >= 11 is 0. The summed E-state index contributed by atoms with van der Waals surface area (Å²) in [6.45, 7) is 9.50. The number of aromatic nitrogens is 3. The van der Waals surface area contributed by atoms with Crippen molar-refractivity contribution in [1.29, 1.82) is 10.5 Å². The lowest BCUT2D eigenvalue weighted by molar-refractivity contribution is 0.402. The molecule has 0 aromatic carbocycles. The number of azo groups is 1. The van der Waals surface area contributed by atoms with E-state index >= 15 is 0 Å². The van der Waals surface area contributed by atoms with Gasteiger partial charge in [0.05, 0.1) is 5.69 Å². The van der Waals surface area contributed by atoms with Crippen LogP contribution in [-0.2, 0) is 12.0 Å². The lowest BCUT2D eigenvalue weighted by Gasteiger charge is -2.14. The van der Waals surface area contributed by atoms with E-state index in [0.29, 0.717) is 12.1 Å². The maximum absolute atomic E-state index is 12.4. The number of hydrogen-bond donors (Lipinski definition) is 2. The van der Waals surface area contributed by atoms with Crippen molar-refractivity contribution in [3.8, 4) is 18.0 Å². The fraction of sp³-hybridized carbons (Fsp3) is 0.474. The quantitative estimate of drug-likeness (QED) is 0.756. The van der Waals surface area contributed by atoms with Crippen molar-refractivity contribution in [3.05, 3.63) is 32.7 Å². The Morgan fingerprint density at radius 3 is 2.39 bits per heavy atom. The molecule has 28 heavy (non-hydrogen) atoms. The number of nitrogens with zero attached hydrogens (tertiary/aromatic N) is 6. The molecule has 2 aromatic heterocycles. The summed E-state index contributed by atoms with van der Waals surface area (Å²) in [5.41, 5.74) is 0.0410. The van der Waals surface area contributed by atoms with Gasteiger partial charge < -0.3 is 5.11 Å². The minimum Gasteiger partial charge on any atom is -0.493 e. The molecule has 0 atom stereocenters. The van der Waals surface area contributed by atoms with Gasteiger partial charge in [-0.25, -0.2) is 0 Å². The molecule has 9 nitrogen and oxygen atoms in total. The number of aromatic hydroxyl groups is 1. The highest BCUT2D eigenvalue weighted by molar-refractivity contribution is 5.60. The predicted octanol–water partition coefficient (Wildman–Crippen LogP) is 3.84. The summed E-state index contributed by atoms with van der Waals surface area (Å²) in [6, 6.07) is 3.94. The molecule has 0 saturated carbocycles. The van der Waals surface area contributed by atoms with Gasteiger partial charge in [-0.15, -0.1) is 10.2 Å². The van der Waals surface area contributed by atoms with E-state index in [0.717, 1.165) is 11.0 Å². The molecule has 0 unspecified atom stereocenters. The molecule has 0 radical (unpaired) electrons. The van der Waals surface area contributed by atoms with Crippen LogP contribution < -0.4 is 5.56 Å². The molecule has 9 heteroatoms. The highest BCUT2D eigenvalue weighted by Gasteiger charge is 2.25. The molecular formula is C19H23N7O2. The third-order valence-corrected chi connectivity index (χ3v) is 4.32. The van der Waals surface area contributed by atoms with E-state index < -0.39 is 5.56 Å². The second-order valence-electron chi connectivity index (χ2n) is 7.45. The maximum atomic E-state index is 12.4. The molecule has 0 amide bonds. The Balaban J connectivity index is 2.62. The zero-order chi connectivity index (χ0) is 21.1. The average molecular weight is 381 g/mol. The molecule has 146 valence electrons. The SMILES string of the molecule is CCCCn1c(O)c(/N=N/c2[nH]nc(C(C)(C)C)c2C#N)c(C)c(C#N)c1=O. The van der Waals surface area contributed by atoms with Crippen molar-refractivity contribution in [2.75, 3.05) is 0 Å². The van der Waals surface area contributed by atoms with Crippen LogP contribution in [0.15, 0.2) is 15.0 Å². The van der Waals surface area contributed by atoms with Crippen LogP contribution in [0.4, 0.5) is 11.5 Å². The van der Waals surface area contributed by atoms with Gasteiger partial charge in [0.1, 0.15) is 23.3 Å². The summed E-state index contributed by atoms with van der Waals surface area (Å²) in [7, 11) is 0. The number of nitrogens with one attached hydrogen (secondary N) is 1. The molecule has 2 N–H and O–H groups in total. The summed E-state index contributed by atoms with van der Waals surface area (Å²) in [6.07, 6.45) is 1.47. The number of rotatable bonds is 5. The smallest absolute Gasteiger partial charge is 0.271 e. The zero-order valence-corrected chi connectivity index (χ0v) is 16.7. The first-order chi connectivity index (χ1) is 13.2. The van der Waals surface area contributed by atoms with Gasteiger partial charge in [-0.3, -0.25) is 14.5 Å². The van der Waals surface area contributed by atoms with Gasteiger partial charge in [-0.2, -0.15) is 15.6 Å². The lowest BCUT2D eigenvalue weighted by Crippen LogP contribution is -2.23. The molecule has 0 saturated heterocycles. The van der Waals surface area contributed by atoms with Gasteiger partial charge in [0.15, 0.2) is 11.5 Å². The molecular weight excluding hydrogens is 358 g/mol. The first-order valence-electron chi connectivity index (χ1n) is 8.94. The number of nitriles is 2. The predicted molar refractivity (Wildman–Crippen MR) is 103 cm³/mol. The van der Waals surface area contributed by atoms with Crippen molar-refractivity contribution >= 4 is 11.5 Å². The Hall–Kier alpha value is -3.46. The molecule has 0 spiro atoms. The van der Waals surface area contributed by atoms with Crippen molar-refractivity contribution in [1.82, 2.24) is 14.8 Å². The highest BCUT2D eigenvalue weighted by atomic mass is 16.3. The van der Waals surface area contributed by atoms with Crippen LogP contribution in [-0.4, -0.2) is 19.9 Å². The third-order valence-electron chi connectivity index (χ3n) is 4.32. The van der Waals surface area contributed by atoms with Crippen LogP contribution in [0.2, 0.25) is 0 Å². The van der Waals surface area contributed by atoms with E-state index in [-0.39, 0.29) is 46.0 Å². The third kappa shape index (κ3) is 3.79. The Morgan fingerprint density at radius 2 is 1.86 bits per heavy atom. The van der Waals surface area contributed by atoms with Crippen LogP contribution in [0.1, 0.15) is 62.9 Å². The Bertz CT molecular complexity index is 1060. The largest absolute Gasteiger partial charge is 0.493 e. The zero-order valence-electron chi connectivity index (χ0n) is 16.7. The molecule has 2 rings (SSSR count). The van der Waals surface area contributed by atoms with Gasteiger partial charge in [0.2, 0.25) is 5.88 Å². The summed E-state index contributed by atoms with van der Waals surface area (Å²) in [5.74, 6) is -0.205. The van der Waals surface area contributed by atoms with Crippen LogP contribution in [0, 0.1) is 29.6 Å². The van der Waals surface area contributed by atoms with E-state index in [9.17, 15) is 20.4 Å². The van der Waals surface area contributed by atoms with Crippen LogP contribution in [0.5, 0.6) is 5.88 Å². The lowest BCUT2D eigenvalue weighted by atomic mass is 9.90. The van der Waals surface area contributed by atoms with E-state index in [4.69, 9.17) is 0 Å². The second kappa shape index (κ2) is 8.05. The molecule has 0 bridgehead atoms. The minimum atomic E-state index is -0.556. The average Bonchev–Trinajstić information content (AvgIpc) is 3.05. The topological polar surface area (TPSA) is 143 Å². The molecule has 0 aliphatic carbocycles. The van der Waals surface area contributed by atoms with Gasteiger partial charge in [0, 0.05) is 17.5 Å². The molecule has 0 aliphatic heterocycles. The van der Waals surface area contributed by atoms with Crippen molar-refractivity contribution in [2.24, 2.45) is 10.2 Å². The minimum absolute atomic E-state index is 0.0167. The van der Waals surface area contributed by atoms with Crippen molar-refractivity contribution < 1.29 is 5.11 Å². The molecule has 2 heterocycles. The molecule has 2 aromatic rings. The molecule has 0 aliphatic rings. The number of aromatic amines is 1. The Kier molecular flexibility index (Phi) is 5.99. The van der Waals surface area contributed by atoms with Gasteiger partial charge in [0.25, 0.3) is 5.56 Å². The fourth-order valence-corrected chi connectivity index (χ4v) is 2.73. The van der Waals surface area contributed by atoms with Gasteiger partial charge >= 0.3 is 0 Å². The number of unbranched alkanes of at least 4 members (excludes halogenated alkanes) is 1. The van der Waals surface area contributed by atoms with Gasteiger partial charge in [-0.05, 0) is 13.3 Å². The normalized spacial score (nSPS) is 11.5. The van der Waals surface area contributed by atoms with Crippen molar-refractivity contribution in [2.45, 2.75) is 59.4 Å². The number of pyridine rings is 1. The standard InChI is InChI=1S/C19H23N7O2/c1-6-7-8-26-17(27)12(9-20)11(2)14(18(26)28)22-24-16-13(10-21)15(23-25-16)19(3,4)5/h28H,6-8H2,1-5H3,(H,23,25)/b24-22+. The summed E-state index contributed by atoms with van der Waals surface area (Å²) in [5, 5.41) is 44.3. The monoisotopic (exact) mass is 381 g/mol. The first kappa shape index (κ1) is 20.8. The number of hydrogen-bond acceptors (Lipinski definition) is 7. The summed E-state index contributed by atoms with van der Waals surface area (Å²) in [4.78, 5) is 12.4. The van der Waals surface area contributed by atoms with E-state index in [1.54, 1.807) is 0 Å². The summed E-state index contributed by atoms with van der Waals surface area (Å²) < 4.78 is 1.13. The van der Waals surface area contributed by atoms with E-state index in [1.165, 1.54) is 6.92 Å². The first-order valence-corrected chi connectivity index (χ1v) is 8.94. The van der Waals surface area contributed by atoms with Crippen molar-refractivity contribution in [3.63, 3.8) is 0 Å². The van der Waals surface area contributed by atoms with E-state index in [1.807, 2.05) is 33.8 Å². The highest BCUT2D eigenvalue weighted by Crippen LogP contribution is 2.34. The second-order valence-corrected chi connectivity index (χ2v) is 7.45. The number of H-pyrrole nitrogens is 1. The Labute approximate surface area is 163 Å². The fourth-order valence-electron chi connectivity index (χ4n) is 2.73. The van der Waals surface area contributed by atoms with E-state index in [2.05, 4.69) is 26.5 Å². The van der Waals surface area contributed by atoms with Crippen LogP contribution in [0.3, 0.4) is 0 Å². The van der Waals surface area contributed by atoms with Crippen LogP contribution >= 0.6 is 0 Å². The maximum Gasteiger partial charge on any atom is 0.271 e. The van der Waals surface area contributed by atoms with Gasteiger partial charge in [-0.1, -0.05) is 34.1 Å².